The van der Waals surface area contributed by atoms with E-state index in [2.05, 4.69) is 16.2 Å². The van der Waals surface area contributed by atoms with Crippen molar-refractivity contribution >= 4 is 34.8 Å². The summed E-state index contributed by atoms with van der Waals surface area (Å²) in [4.78, 5) is 12.1. The zero-order chi connectivity index (χ0) is 17.5. The van der Waals surface area contributed by atoms with Crippen LogP contribution < -0.4 is 16.2 Å². The predicted molar refractivity (Wildman–Crippen MR) is 96.8 cm³/mol. The maximum Gasteiger partial charge on any atom is 0.305 e. The van der Waals surface area contributed by atoms with Gasteiger partial charge in [0.25, 0.3) is 0 Å². The van der Waals surface area contributed by atoms with Crippen molar-refractivity contribution < 1.29 is 13.9 Å². The molecule has 0 radical (unpaired) electrons. The van der Waals surface area contributed by atoms with E-state index in [1.54, 1.807) is 25.3 Å². The minimum Gasteiger partial charge on any atom is -0.451 e. The molecule has 8 heteroatoms. The van der Waals surface area contributed by atoms with E-state index in [-0.39, 0.29) is 16.9 Å². The first kappa shape index (κ1) is 18.3. The minimum absolute atomic E-state index is 0.0161. The number of halogens is 1. The van der Waals surface area contributed by atoms with E-state index < -0.39 is 5.91 Å². The zero-order valence-electron chi connectivity index (χ0n) is 13.3. The van der Waals surface area contributed by atoms with E-state index in [9.17, 15) is 4.79 Å². The number of carbonyl (C=O) groups excluding carboxylic acids is 1. The first-order valence-corrected chi connectivity index (χ1v) is 8.00. The molecule has 1 aromatic heterocycles. The van der Waals surface area contributed by atoms with Crippen LogP contribution in [0.15, 0.2) is 40.8 Å². The molecule has 0 aliphatic carbocycles. The average molecular weight is 368 g/mol. The van der Waals surface area contributed by atoms with E-state index in [1.807, 2.05) is 25.1 Å². The van der Waals surface area contributed by atoms with Crippen LogP contribution in [-0.4, -0.2) is 30.8 Å². The Hall–Kier alpha value is -2.09. The van der Waals surface area contributed by atoms with Crippen molar-refractivity contribution in [2.24, 2.45) is 0 Å². The maximum atomic E-state index is 12.1. The van der Waals surface area contributed by atoms with Crippen LogP contribution in [0.1, 0.15) is 17.5 Å². The van der Waals surface area contributed by atoms with E-state index in [0.29, 0.717) is 17.4 Å². The topological polar surface area (TPSA) is 75.5 Å². The number of methoxy groups -OCH3 is 1. The summed E-state index contributed by atoms with van der Waals surface area (Å²) in [6.45, 7) is 2.40. The lowest BCUT2D eigenvalue weighted by Crippen LogP contribution is -2.49. The molecule has 24 heavy (non-hydrogen) atoms. The summed E-state index contributed by atoms with van der Waals surface area (Å²) in [5, 5.41) is 3.79. The molecule has 128 valence electrons. The summed E-state index contributed by atoms with van der Waals surface area (Å²) in [5.41, 5.74) is 5.79. The van der Waals surface area contributed by atoms with E-state index in [0.717, 1.165) is 5.56 Å². The molecular weight excluding hydrogens is 350 g/mol. The first-order valence-electron chi connectivity index (χ1n) is 7.21. The highest BCUT2D eigenvalue weighted by Crippen LogP contribution is 2.28. The van der Waals surface area contributed by atoms with Crippen molar-refractivity contribution in [1.82, 2.24) is 16.2 Å². The van der Waals surface area contributed by atoms with Crippen LogP contribution in [0.25, 0.3) is 11.3 Å². The van der Waals surface area contributed by atoms with Crippen LogP contribution in [0.5, 0.6) is 0 Å². The molecule has 1 heterocycles. The molecule has 0 fully saturated rings. The smallest absolute Gasteiger partial charge is 0.305 e. The van der Waals surface area contributed by atoms with Crippen molar-refractivity contribution in [1.29, 1.82) is 0 Å². The standard InChI is InChI=1S/C16H18ClN3O3S/c1-10(9-22-2)18-16(24)20-19-15(21)14-8-7-13(23-14)11-5-3-4-6-12(11)17/h3-8,10H,9H2,1-2H3,(H,19,21)(H2,18,20,24)/t10-/m1/s1. The number of carbonyl (C=O) groups is 1. The molecule has 0 saturated carbocycles. The van der Waals surface area contributed by atoms with Gasteiger partial charge in [-0.2, -0.15) is 0 Å². The monoisotopic (exact) mass is 367 g/mol. The number of hydrazine groups is 1. The molecule has 0 spiro atoms. The van der Waals surface area contributed by atoms with Gasteiger partial charge in [-0.15, -0.1) is 0 Å². The molecule has 2 rings (SSSR count). The van der Waals surface area contributed by atoms with Gasteiger partial charge in [0.15, 0.2) is 10.9 Å². The van der Waals surface area contributed by atoms with Gasteiger partial charge in [-0.05, 0) is 43.4 Å². The van der Waals surface area contributed by atoms with Crippen LogP contribution in [0, 0.1) is 0 Å². The van der Waals surface area contributed by atoms with Crippen molar-refractivity contribution in [3.05, 3.63) is 47.2 Å². The number of nitrogens with one attached hydrogen (secondary N) is 3. The van der Waals surface area contributed by atoms with Crippen molar-refractivity contribution in [2.75, 3.05) is 13.7 Å². The lowest BCUT2D eigenvalue weighted by molar-refractivity contribution is 0.0916. The summed E-state index contributed by atoms with van der Waals surface area (Å²) in [7, 11) is 1.60. The van der Waals surface area contributed by atoms with Gasteiger partial charge >= 0.3 is 5.91 Å². The number of hydrogen-bond acceptors (Lipinski definition) is 4. The molecule has 0 aliphatic rings. The second-order valence-corrected chi connectivity index (χ2v) is 5.87. The van der Waals surface area contributed by atoms with E-state index in [1.165, 1.54) is 0 Å². The Morgan fingerprint density at radius 1 is 1.29 bits per heavy atom. The van der Waals surface area contributed by atoms with Gasteiger partial charge in [0, 0.05) is 18.7 Å². The fraction of sp³-hybridized carbons (Fsp3) is 0.250. The van der Waals surface area contributed by atoms with Crippen LogP contribution >= 0.6 is 23.8 Å². The number of amides is 1. The predicted octanol–water partition coefficient (Wildman–Crippen LogP) is 2.74. The average Bonchev–Trinajstić information content (AvgIpc) is 3.03. The highest BCUT2D eigenvalue weighted by atomic mass is 35.5. The lowest BCUT2D eigenvalue weighted by atomic mass is 10.2. The molecule has 3 N–H and O–H groups in total. The summed E-state index contributed by atoms with van der Waals surface area (Å²) in [6.07, 6.45) is 0. The van der Waals surface area contributed by atoms with Gasteiger partial charge in [-0.1, -0.05) is 23.7 Å². The molecule has 2 aromatic rings. The fourth-order valence-electron chi connectivity index (χ4n) is 1.99. The lowest BCUT2D eigenvalue weighted by Gasteiger charge is -2.16. The number of rotatable bonds is 5. The van der Waals surface area contributed by atoms with Gasteiger partial charge in [0.05, 0.1) is 11.6 Å². The minimum atomic E-state index is -0.447. The summed E-state index contributed by atoms with van der Waals surface area (Å²) in [5.74, 6) is 0.210. The van der Waals surface area contributed by atoms with Gasteiger partial charge in [-0.3, -0.25) is 15.6 Å². The Bertz CT molecular complexity index is 720. The molecular formula is C16H18ClN3O3S. The fourth-order valence-corrected chi connectivity index (χ4v) is 2.47. The first-order chi connectivity index (χ1) is 11.5. The number of furan rings is 1. The largest absolute Gasteiger partial charge is 0.451 e. The van der Waals surface area contributed by atoms with Gasteiger partial charge in [-0.25, -0.2) is 0 Å². The third-order valence-electron chi connectivity index (χ3n) is 3.05. The molecule has 0 bridgehead atoms. The van der Waals surface area contributed by atoms with Crippen LogP contribution in [-0.2, 0) is 4.74 Å². The SMILES string of the molecule is COC[C@@H](C)NC(=S)NNC(=O)c1ccc(-c2ccccc2Cl)o1. The summed E-state index contributed by atoms with van der Waals surface area (Å²) in [6, 6.07) is 10.5. The molecule has 1 amide bonds. The Kier molecular flexibility index (Phi) is 6.60. The second kappa shape index (κ2) is 8.68. The molecule has 0 aliphatic heterocycles. The molecule has 1 aromatic carbocycles. The van der Waals surface area contributed by atoms with E-state index in [4.69, 9.17) is 33.0 Å². The number of thiocarbonyl (C=S) groups is 1. The second-order valence-electron chi connectivity index (χ2n) is 5.05. The zero-order valence-corrected chi connectivity index (χ0v) is 14.8. The van der Waals surface area contributed by atoms with Crippen molar-refractivity contribution in [3.63, 3.8) is 0 Å². The Morgan fingerprint density at radius 3 is 2.75 bits per heavy atom. The van der Waals surface area contributed by atoms with Crippen LogP contribution in [0.3, 0.4) is 0 Å². The van der Waals surface area contributed by atoms with Crippen molar-refractivity contribution in [3.8, 4) is 11.3 Å². The number of hydrogen-bond donors (Lipinski definition) is 3. The molecule has 0 unspecified atom stereocenters. The van der Waals surface area contributed by atoms with Gasteiger partial charge < -0.3 is 14.5 Å². The Morgan fingerprint density at radius 2 is 2.04 bits per heavy atom. The molecule has 0 saturated heterocycles. The number of ether oxygens (including phenoxy) is 1. The van der Waals surface area contributed by atoms with Crippen molar-refractivity contribution in [2.45, 2.75) is 13.0 Å². The number of benzene rings is 1. The summed E-state index contributed by atoms with van der Waals surface area (Å²) < 4.78 is 10.5. The Balaban J connectivity index is 1.92. The molecule has 1 atom stereocenters. The quantitative estimate of drug-likeness (QED) is 0.557. The maximum absolute atomic E-state index is 12.1. The van der Waals surface area contributed by atoms with Gasteiger partial charge in [0.1, 0.15) is 5.76 Å². The highest BCUT2D eigenvalue weighted by Gasteiger charge is 2.14. The van der Waals surface area contributed by atoms with Gasteiger partial charge in [0.2, 0.25) is 0 Å². The molecule has 6 nitrogen and oxygen atoms in total. The third kappa shape index (κ3) is 4.95. The summed E-state index contributed by atoms with van der Waals surface area (Å²) >= 11 is 11.2. The van der Waals surface area contributed by atoms with Crippen LogP contribution in [0.4, 0.5) is 0 Å². The highest BCUT2D eigenvalue weighted by molar-refractivity contribution is 7.80. The third-order valence-corrected chi connectivity index (χ3v) is 3.60. The van der Waals surface area contributed by atoms with E-state index >= 15 is 0 Å². The van der Waals surface area contributed by atoms with Crippen LogP contribution in [0.2, 0.25) is 5.02 Å². The normalized spacial score (nSPS) is 11.6. The Labute approximate surface area is 150 Å².